The monoisotopic (exact) mass is 286 g/mol. The Hall–Kier alpha value is -2.14. The molecule has 0 spiro atoms. The molecule has 0 fully saturated rings. The lowest BCUT2D eigenvalue weighted by Gasteiger charge is -2.35. The second-order valence-electron chi connectivity index (χ2n) is 4.73. The van der Waals surface area contributed by atoms with Crippen molar-refractivity contribution in [3.8, 4) is 0 Å². The third kappa shape index (κ3) is 2.10. The topological polar surface area (TPSA) is 63.4 Å². The zero-order valence-corrected chi connectivity index (χ0v) is 11.6. The number of amides is 2. The van der Waals surface area contributed by atoms with E-state index in [9.17, 15) is 9.59 Å². The van der Waals surface area contributed by atoms with E-state index in [1.165, 1.54) is 11.3 Å². The van der Waals surface area contributed by atoms with Gasteiger partial charge in [-0.25, -0.2) is 0 Å². The van der Waals surface area contributed by atoms with Gasteiger partial charge in [0.2, 0.25) is 5.91 Å². The van der Waals surface area contributed by atoms with Crippen molar-refractivity contribution in [3.05, 3.63) is 57.8 Å². The van der Waals surface area contributed by atoms with Gasteiger partial charge in [0.25, 0.3) is 5.91 Å². The number of carbonyl (C=O) groups is 2. The van der Waals surface area contributed by atoms with Gasteiger partial charge in [0.1, 0.15) is 6.04 Å². The molecule has 0 saturated heterocycles. The van der Waals surface area contributed by atoms with Crippen molar-refractivity contribution >= 4 is 23.2 Å². The molecule has 102 valence electrons. The molecule has 0 saturated carbocycles. The van der Waals surface area contributed by atoms with Crippen molar-refractivity contribution < 1.29 is 9.59 Å². The molecule has 2 amide bonds. The SMILES string of the molecule is NC(=O)C1c2ccccc2CCN1C(=O)c1cccs1. The van der Waals surface area contributed by atoms with Gasteiger partial charge in [-0.15, -0.1) is 11.3 Å². The molecular weight excluding hydrogens is 272 g/mol. The van der Waals surface area contributed by atoms with Crippen molar-refractivity contribution in [2.45, 2.75) is 12.5 Å². The fourth-order valence-corrected chi connectivity index (χ4v) is 3.31. The van der Waals surface area contributed by atoms with E-state index >= 15 is 0 Å². The number of nitrogens with zero attached hydrogens (tertiary/aromatic N) is 1. The lowest BCUT2D eigenvalue weighted by atomic mass is 9.92. The summed E-state index contributed by atoms with van der Waals surface area (Å²) in [5.41, 5.74) is 7.47. The van der Waals surface area contributed by atoms with E-state index in [0.717, 1.165) is 17.5 Å². The number of hydrogen-bond acceptors (Lipinski definition) is 3. The molecule has 1 aliphatic heterocycles. The predicted octanol–water partition coefficient (Wildman–Crippen LogP) is 1.97. The normalized spacial score (nSPS) is 17.6. The Bertz CT molecular complexity index is 652. The first kappa shape index (κ1) is 12.9. The van der Waals surface area contributed by atoms with Crippen LogP contribution in [0.15, 0.2) is 41.8 Å². The van der Waals surface area contributed by atoms with Gasteiger partial charge in [-0.1, -0.05) is 30.3 Å². The van der Waals surface area contributed by atoms with Crippen LogP contribution in [-0.2, 0) is 11.2 Å². The molecule has 2 heterocycles. The van der Waals surface area contributed by atoms with E-state index in [1.807, 2.05) is 35.7 Å². The fraction of sp³-hybridized carbons (Fsp3) is 0.200. The number of hydrogen-bond donors (Lipinski definition) is 1. The summed E-state index contributed by atoms with van der Waals surface area (Å²) in [6.07, 6.45) is 0.747. The Labute approximate surface area is 120 Å². The molecular formula is C15H14N2O2S. The van der Waals surface area contributed by atoms with E-state index in [2.05, 4.69) is 0 Å². The number of carbonyl (C=O) groups excluding carboxylic acids is 2. The van der Waals surface area contributed by atoms with Crippen molar-refractivity contribution in [1.82, 2.24) is 4.90 Å². The van der Waals surface area contributed by atoms with Crippen LogP contribution in [0, 0.1) is 0 Å². The molecule has 1 atom stereocenters. The molecule has 0 bridgehead atoms. The Morgan fingerprint density at radius 3 is 2.70 bits per heavy atom. The number of primary amides is 1. The minimum absolute atomic E-state index is 0.127. The molecule has 0 radical (unpaired) electrons. The minimum Gasteiger partial charge on any atom is -0.368 e. The summed E-state index contributed by atoms with van der Waals surface area (Å²) in [4.78, 5) is 26.6. The summed E-state index contributed by atoms with van der Waals surface area (Å²) in [5, 5.41) is 1.85. The van der Waals surface area contributed by atoms with Crippen LogP contribution in [0.4, 0.5) is 0 Å². The van der Waals surface area contributed by atoms with Crippen molar-refractivity contribution in [1.29, 1.82) is 0 Å². The Kier molecular flexibility index (Phi) is 3.28. The molecule has 20 heavy (non-hydrogen) atoms. The average Bonchev–Trinajstić information content (AvgIpc) is 2.99. The Morgan fingerprint density at radius 2 is 2.00 bits per heavy atom. The van der Waals surface area contributed by atoms with Crippen LogP contribution >= 0.6 is 11.3 Å². The molecule has 1 aromatic carbocycles. The van der Waals surface area contributed by atoms with E-state index in [1.54, 1.807) is 11.0 Å². The van der Waals surface area contributed by atoms with E-state index in [0.29, 0.717) is 11.4 Å². The highest BCUT2D eigenvalue weighted by Gasteiger charge is 2.35. The molecule has 1 aliphatic rings. The summed E-state index contributed by atoms with van der Waals surface area (Å²) >= 11 is 1.38. The van der Waals surface area contributed by atoms with Crippen LogP contribution in [0.1, 0.15) is 26.8 Å². The highest BCUT2D eigenvalue weighted by atomic mass is 32.1. The van der Waals surface area contributed by atoms with Gasteiger partial charge in [0, 0.05) is 6.54 Å². The van der Waals surface area contributed by atoms with Gasteiger partial charge < -0.3 is 10.6 Å². The van der Waals surface area contributed by atoms with Crippen LogP contribution in [0.3, 0.4) is 0 Å². The lowest BCUT2D eigenvalue weighted by Crippen LogP contribution is -2.45. The second kappa shape index (κ2) is 5.09. The quantitative estimate of drug-likeness (QED) is 0.917. The maximum absolute atomic E-state index is 12.5. The zero-order chi connectivity index (χ0) is 14.1. The van der Waals surface area contributed by atoms with Crippen molar-refractivity contribution in [3.63, 3.8) is 0 Å². The van der Waals surface area contributed by atoms with E-state index < -0.39 is 11.9 Å². The maximum atomic E-state index is 12.5. The molecule has 0 aliphatic carbocycles. The number of benzene rings is 1. The number of rotatable bonds is 2. The predicted molar refractivity (Wildman–Crippen MR) is 77.4 cm³/mol. The lowest BCUT2D eigenvalue weighted by molar-refractivity contribution is -0.123. The zero-order valence-electron chi connectivity index (χ0n) is 10.8. The van der Waals surface area contributed by atoms with Gasteiger partial charge in [0.05, 0.1) is 4.88 Å². The standard InChI is InChI=1S/C15H14N2O2S/c16-14(18)13-11-5-2-1-4-10(11)7-8-17(13)15(19)12-6-3-9-20-12/h1-6,9,13H,7-8H2,(H2,16,18). The van der Waals surface area contributed by atoms with E-state index in [-0.39, 0.29) is 5.91 Å². The third-order valence-electron chi connectivity index (χ3n) is 3.55. The van der Waals surface area contributed by atoms with Gasteiger partial charge >= 0.3 is 0 Å². The average molecular weight is 286 g/mol. The first-order chi connectivity index (χ1) is 9.68. The van der Waals surface area contributed by atoms with Crippen LogP contribution in [-0.4, -0.2) is 23.3 Å². The van der Waals surface area contributed by atoms with Gasteiger partial charge in [-0.05, 0) is 29.0 Å². The molecule has 1 unspecified atom stereocenters. The van der Waals surface area contributed by atoms with E-state index in [4.69, 9.17) is 5.73 Å². The van der Waals surface area contributed by atoms with Crippen LogP contribution < -0.4 is 5.73 Å². The van der Waals surface area contributed by atoms with Crippen molar-refractivity contribution in [2.75, 3.05) is 6.54 Å². The Morgan fingerprint density at radius 1 is 1.20 bits per heavy atom. The summed E-state index contributed by atoms with van der Waals surface area (Å²) < 4.78 is 0. The molecule has 5 heteroatoms. The summed E-state index contributed by atoms with van der Waals surface area (Å²) in [7, 11) is 0. The second-order valence-corrected chi connectivity index (χ2v) is 5.68. The van der Waals surface area contributed by atoms with Crippen molar-refractivity contribution in [2.24, 2.45) is 5.73 Å². The first-order valence-electron chi connectivity index (χ1n) is 6.40. The van der Waals surface area contributed by atoms with Gasteiger partial charge in [-0.2, -0.15) is 0 Å². The number of nitrogens with two attached hydrogens (primary N) is 1. The third-order valence-corrected chi connectivity index (χ3v) is 4.40. The first-order valence-corrected chi connectivity index (χ1v) is 7.28. The molecule has 1 aromatic heterocycles. The minimum atomic E-state index is -0.672. The number of fused-ring (bicyclic) bond motifs is 1. The largest absolute Gasteiger partial charge is 0.368 e. The van der Waals surface area contributed by atoms with Gasteiger partial charge in [-0.3, -0.25) is 9.59 Å². The Balaban J connectivity index is 2.01. The molecule has 2 N–H and O–H groups in total. The van der Waals surface area contributed by atoms with Crippen LogP contribution in [0.25, 0.3) is 0 Å². The smallest absolute Gasteiger partial charge is 0.264 e. The number of thiophene rings is 1. The molecule has 2 aromatic rings. The summed E-state index contributed by atoms with van der Waals surface area (Å²) in [6.45, 7) is 0.515. The maximum Gasteiger partial charge on any atom is 0.264 e. The van der Waals surface area contributed by atoms with Crippen LogP contribution in [0.5, 0.6) is 0 Å². The van der Waals surface area contributed by atoms with Crippen LogP contribution in [0.2, 0.25) is 0 Å². The molecule has 3 rings (SSSR count). The molecule has 4 nitrogen and oxygen atoms in total. The highest BCUT2D eigenvalue weighted by molar-refractivity contribution is 7.12. The summed E-state index contributed by atoms with van der Waals surface area (Å²) in [5.74, 6) is -0.611. The highest BCUT2D eigenvalue weighted by Crippen LogP contribution is 2.31. The fourth-order valence-electron chi connectivity index (χ4n) is 2.63. The van der Waals surface area contributed by atoms with Gasteiger partial charge in [0.15, 0.2) is 0 Å². The summed E-state index contributed by atoms with van der Waals surface area (Å²) in [6, 6.07) is 10.6.